The molecule has 4 N–H and O–H groups in total. The molecule has 112 valence electrons. The minimum atomic E-state index is -0.312. The summed E-state index contributed by atoms with van der Waals surface area (Å²) >= 11 is 0. The van der Waals surface area contributed by atoms with Gasteiger partial charge in [-0.15, -0.1) is 0 Å². The first-order valence-electron chi connectivity index (χ1n) is 6.21. The zero-order valence-corrected chi connectivity index (χ0v) is 12.0. The lowest BCUT2D eigenvalue weighted by atomic mass is 10.2. The summed E-state index contributed by atoms with van der Waals surface area (Å²) in [6, 6.07) is 3.00. The van der Waals surface area contributed by atoms with E-state index in [0.29, 0.717) is 36.0 Å². The van der Waals surface area contributed by atoms with Crippen LogP contribution in [0, 0.1) is 0 Å². The molecule has 7 nitrogen and oxygen atoms in total. The monoisotopic (exact) mass is 283 g/mol. The Balaban J connectivity index is 2.82. The number of hydrogen-bond donors (Lipinski definition) is 3. The second kappa shape index (κ2) is 8.11. The Morgan fingerprint density at radius 3 is 2.20 bits per heavy atom. The molecule has 0 saturated heterocycles. The standard InChI is InChI=1S/C13H21N3O4/c1-18-10-7-9(8-11(19-2)12(10)20-3)16-13(17)15-6-4-5-14/h7-8H,4-6,14H2,1-3H3,(H2,15,16,17). The van der Waals surface area contributed by atoms with Crippen molar-refractivity contribution in [3.63, 3.8) is 0 Å². The quantitative estimate of drug-likeness (QED) is 0.653. The van der Waals surface area contributed by atoms with Gasteiger partial charge in [-0.2, -0.15) is 0 Å². The lowest BCUT2D eigenvalue weighted by Gasteiger charge is -2.14. The van der Waals surface area contributed by atoms with Crippen LogP contribution in [0.15, 0.2) is 12.1 Å². The molecule has 0 spiro atoms. The van der Waals surface area contributed by atoms with E-state index < -0.39 is 0 Å². The van der Waals surface area contributed by atoms with Crippen LogP contribution in [0.2, 0.25) is 0 Å². The summed E-state index contributed by atoms with van der Waals surface area (Å²) in [5.74, 6) is 1.43. The number of benzene rings is 1. The van der Waals surface area contributed by atoms with Crippen LogP contribution in [0.5, 0.6) is 17.2 Å². The van der Waals surface area contributed by atoms with Crippen LogP contribution >= 0.6 is 0 Å². The Morgan fingerprint density at radius 2 is 1.75 bits per heavy atom. The molecule has 0 bridgehead atoms. The highest BCUT2D eigenvalue weighted by Crippen LogP contribution is 2.39. The minimum absolute atomic E-state index is 0.312. The third-order valence-corrected chi connectivity index (χ3v) is 2.59. The van der Waals surface area contributed by atoms with Crippen LogP contribution in [0.4, 0.5) is 10.5 Å². The van der Waals surface area contributed by atoms with Gasteiger partial charge >= 0.3 is 6.03 Å². The number of urea groups is 1. The Hall–Kier alpha value is -2.15. The first kappa shape index (κ1) is 15.9. The first-order chi connectivity index (χ1) is 9.65. The van der Waals surface area contributed by atoms with Crippen LogP contribution in [-0.2, 0) is 0 Å². The topological polar surface area (TPSA) is 94.8 Å². The van der Waals surface area contributed by atoms with Crippen molar-refractivity contribution < 1.29 is 19.0 Å². The zero-order chi connectivity index (χ0) is 15.0. The summed E-state index contributed by atoms with van der Waals surface area (Å²) in [6.45, 7) is 1.05. The number of amides is 2. The molecule has 0 heterocycles. The van der Waals surface area contributed by atoms with Gasteiger partial charge in [-0.05, 0) is 13.0 Å². The van der Waals surface area contributed by atoms with Crippen LogP contribution < -0.4 is 30.6 Å². The molecule has 1 aromatic rings. The lowest BCUT2D eigenvalue weighted by molar-refractivity contribution is 0.252. The zero-order valence-electron chi connectivity index (χ0n) is 12.0. The van der Waals surface area contributed by atoms with Crippen LogP contribution in [0.3, 0.4) is 0 Å². The molecule has 0 unspecified atom stereocenters. The fraction of sp³-hybridized carbons (Fsp3) is 0.462. The number of ether oxygens (including phenoxy) is 3. The lowest BCUT2D eigenvalue weighted by Crippen LogP contribution is -2.30. The van der Waals surface area contributed by atoms with Gasteiger partial charge in [-0.3, -0.25) is 0 Å². The summed E-state index contributed by atoms with van der Waals surface area (Å²) in [5.41, 5.74) is 5.90. The fourth-order valence-corrected chi connectivity index (χ4v) is 1.63. The molecule has 0 saturated carbocycles. The molecule has 0 radical (unpaired) electrons. The molecule has 0 aromatic heterocycles. The predicted octanol–water partition coefficient (Wildman–Crippen LogP) is 1.18. The molecule has 0 atom stereocenters. The Bertz CT molecular complexity index is 426. The highest BCUT2D eigenvalue weighted by atomic mass is 16.5. The summed E-state index contributed by atoms with van der Waals surface area (Å²) < 4.78 is 15.6. The summed E-state index contributed by atoms with van der Waals surface area (Å²) in [6.07, 6.45) is 0.725. The molecular formula is C13H21N3O4. The maximum Gasteiger partial charge on any atom is 0.319 e. The second-order valence-corrected chi connectivity index (χ2v) is 3.94. The van der Waals surface area contributed by atoms with Gasteiger partial charge < -0.3 is 30.6 Å². The van der Waals surface area contributed by atoms with Gasteiger partial charge in [0.1, 0.15) is 0 Å². The summed E-state index contributed by atoms with van der Waals surface area (Å²) in [7, 11) is 4.55. The largest absolute Gasteiger partial charge is 0.493 e. The van der Waals surface area contributed by atoms with Crippen LogP contribution in [0.25, 0.3) is 0 Å². The molecule has 0 aliphatic heterocycles. The van der Waals surface area contributed by atoms with Crippen LogP contribution in [0.1, 0.15) is 6.42 Å². The van der Waals surface area contributed by atoms with Crippen molar-refractivity contribution in [1.29, 1.82) is 0 Å². The van der Waals surface area contributed by atoms with E-state index in [0.717, 1.165) is 6.42 Å². The van der Waals surface area contributed by atoms with E-state index in [1.807, 2.05) is 0 Å². The molecule has 1 rings (SSSR count). The number of nitrogens with one attached hydrogen (secondary N) is 2. The molecule has 20 heavy (non-hydrogen) atoms. The smallest absolute Gasteiger partial charge is 0.319 e. The van der Waals surface area contributed by atoms with Crippen molar-refractivity contribution in [3.05, 3.63) is 12.1 Å². The minimum Gasteiger partial charge on any atom is -0.493 e. The van der Waals surface area contributed by atoms with Crippen molar-refractivity contribution in [2.45, 2.75) is 6.42 Å². The van der Waals surface area contributed by atoms with E-state index in [4.69, 9.17) is 19.9 Å². The van der Waals surface area contributed by atoms with Crippen molar-refractivity contribution in [1.82, 2.24) is 5.32 Å². The van der Waals surface area contributed by atoms with E-state index in [1.165, 1.54) is 21.3 Å². The van der Waals surface area contributed by atoms with Crippen molar-refractivity contribution in [2.24, 2.45) is 5.73 Å². The van der Waals surface area contributed by atoms with Gasteiger partial charge in [0.2, 0.25) is 5.75 Å². The average Bonchev–Trinajstić information content (AvgIpc) is 2.46. The highest BCUT2D eigenvalue weighted by molar-refractivity contribution is 5.90. The molecule has 7 heteroatoms. The van der Waals surface area contributed by atoms with E-state index in [9.17, 15) is 4.79 Å². The average molecular weight is 283 g/mol. The Labute approximate surface area is 118 Å². The number of carbonyl (C=O) groups excluding carboxylic acids is 1. The van der Waals surface area contributed by atoms with E-state index in [1.54, 1.807) is 12.1 Å². The third kappa shape index (κ3) is 4.20. The van der Waals surface area contributed by atoms with Gasteiger partial charge in [0.25, 0.3) is 0 Å². The summed E-state index contributed by atoms with van der Waals surface area (Å²) in [5, 5.41) is 5.39. The Kier molecular flexibility index (Phi) is 6.45. The van der Waals surface area contributed by atoms with Crippen molar-refractivity contribution >= 4 is 11.7 Å². The maximum absolute atomic E-state index is 11.7. The first-order valence-corrected chi connectivity index (χ1v) is 6.21. The second-order valence-electron chi connectivity index (χ2n) is 3.94. The number of hydrogen-bond acceptors (Lipinski definition) is 5. The van der Waals surface area contributed by atoms with Crippen LogP contribution in [-0.4, -0.2) is 40.5 Å². The third-order valence-electron chi connectivity index (χ3n) is 2.59. The summed E-state index contributed by atoms with van der Waals surface area (Å²) in [4.78, 5) is 11.7. The van der Waals surface area contributed by atoms with E-state index in [-0.39, 0.29) is 6.03 Å². The van der Waals surface area contributed by atoms with Gasteiger partial charge in [-0.25, -0.2) is 4.79 Å². The normalized spacial score (nSPS) is 9.80. The Morgan fingerprint density at radius 1 is 1.15 bits per heavy atom. The van der Waals surface area contributed by atoms with Crippen molar-refractivity contribution in [3.8, 4) is 17.2 Å². The number of rotatable bonds is 7. The molecular weight excluding hydrogens is 262 g/mol. The number of carbonyl (C=O) groups is 1. The SMILES string of the molecule is COc1cc(NC(=O)NCCCN)cc(OC)c1OC. The number of anilines is 1. The van der Waals surface area contributed by atoms with Crippen molar-refractivity contribution in [2.75, 3.05) is 39.7 Å². The van der Waals surface area contributed by atoms with Gasteiger partial charge in [0.05, 0.1) is 27.0 Å². The molecule has 0 aliphatic carbocycles. The van der Waals surface area contributed by atoms with E-state index >= 15 is 0 Å². The maximum atomic E-state index is 11.7. The number of methoxy groups -OCH3 is 3. The van der Waals surface area contributed by atoms with Gasteiger partial charge in [0, 0.05) is 18.7 Å². The van der Waals surface area contributed by atoms with Gasteiger partial charge in [-0.1, -0.05) is 0 Å². The fourth-order valence-electron chi connectivity index (χ4n) is 1.63. The molecule has 0 fully saturated rings. The molecule has 1 aromatic carbocycles. The molecule has 0 aliphatic rings. The predicted molar refractivity (Wildman–Crippen MR) is 76.8 cm³/mol. The highest BCUT2D eigenvalue weighted by Gasteiger charge is 2.14. The number of nitrogens with two attached hydrogens (primary N) is 1. The van der Waals surface area contributed by atoms with E-state index in [2.05, 4.69) is 10.6 Å². The molecule has 2 amide bonds. The van der Waals surface area contributed by atoms with Gasteiger partial charge in [0.15, 0.2) is 11.5 Å².